The molecule has 0 saturated heterocycles. The van der Waals surface area contributed by atoms with Crippen molar-refractivity contribution in [2.24, 2.45) is 0 Å². The fourth-order valence-electron chi connectivity index (χ4n) is 12.0. The van der Waals surface area contributed by atoms with E-state index in [2.05, 4.69) is 193 Å². The van der Waals surface area contributed by atoms with Crippen LogP contribution in [0.15, 0.2) is 126 Å². The summed E-state index contributed by atoms with van der Waals surface area (Å²) in [4.78, 5) is 0. The van der Waals surface area contributed by atoms with Crippen molar-refractivity contribution in [3.63, 3.8) is 0 Å². The maximum absolute atomic E-state index is 7.00. The maximum atomic E-state index is 7.00. The Kier molecular flexibility index (Phi) is 6.18. The van der Waals surface area contributed by atoms with Crippen LogP contribution in [0, 0.1) is 0 Å². The third-order valence-electron chi connectivity index (χ3n) is 15.0. The first-order valence-electron chi connectivity index (χ1n) is 22.5. The molecule has 0 unspecified atom stereocenters. The second-order valence-corrected chi connectivity index (χ2v) is 21.7. The Balaban J connectivity index is 1.27. The lowest BCUT2D eigenvalue weighted by Gasteiger charge is -2.36. The molecule has 5 heterocycles. The van der Waals surface area contributed by atoms with Gasteiger partial charge >= 0.3 is 6.85 Å². The topological polar surface area (TPSA) is 23.0 Å². The van der Waals surface area contributed by atoms with E-state index in [4.69, 9.17) is 4.42 Å². The molecule has 298 valence electrons. The minimum absolute atomic E-state index is 0.0149. The maximum Gasteiger partial charge on any atom is 0.333 e. The SMILES string of the molecule is CC(C)(C)c1cc2ccc3c4c5c(c6ccc(c1)c2c36)-n1c2c(cccc2c2ccc3c6ccccc6oc3c21)B5n1c2ccc(C(C)(C)C)cc2c2cc(C(C)(C)C)cc-4c21. The normalized spacial score (nSPS) is 14.2. The Labute approximate surface area is 361 Å². The summed E-state index contributed by atoms with van der Waals surface area (Å²) in [5.74, 6) is 0. The summed E-state index contributed by atoms with van der Waals surface area (Å²) in [5, 5.41) is 15.5. The third-order valence-corrected chi connectivity index (χ3v) is 15.0. The Morgan fingerprint density at radius 2 is 1.11 bits per heavy atom. The van der Waals surface area contributed by atoms with Crippen LogP contribution in [0.5, 0.6) is 0 Å². The van der Waals surface area contributed by atoms with Gasteiger partial charge in [0.25, 0.3) is 0 Å². The van der Waals surface area contributed by atoms with Crippen molar-refractivity contribution in [3.05, 3.63) is 138 Å². The fraction of sp³-hybridized carbons (Fsp3) is 0.207. The van der Waals surface area contributed by atoms with Gasteiger partial charge in [0.15, 0.2) is 5.58 Å². The van der Waals surface area contributed by atoms with E-state index in [1.807, 2.05) is 0 Å². The Hall–Kier alpha value is -6.52. The summed E-state index contributed by atoms with van der Waals surface area (Å²) >= 11 is 0. The molecular weight excluding hydrogens is 751 g/mol. The quantitative estimate of drug-likeness (QED) is 0.111. The van der Waals surface area contributed by atoms with Crippen molar-refractivity contribution in [3.8, 4) is 16.8 Å². The van der Waals surface area contributed by atoms with E-state index in [0.717, 1.165) is 27.5 Å². The molecule has 4 heteroatoms. The minimum atomic E-state index is -0.0624. The molecule has 0 N–H and O–H groups in total. The van der Waals surface area contributed by atoms with Gasteiger partial charge in [0.1, 0.15) is 5.58 Å². The number of hydrogen-bond donors (Lipinski definition) is 0. The zero-order valence-electron chi connectivity index (χ0n) is 36.9. The van der Waals surface area contributed by atoms with Crippen molar-refractivity contribution in [2.75, 3.05) is 0 Å². The molecule has 14 rings (SSSR count). The molecule has 0 spiro atoms. The van der Waals surface area contributed by atoms with Crippen LogP contribution >= 0.6 is 0 Å². The van der Waals surface area contributed by atoms with Crippen molar-refractivity contribution >= 4 is 116 Å². The van der Waals surface area contributed by atoms with Gasteiger partial charge < -0.3 is 13.5 Å². The number of hydrogen-bond acceptors (Lipinski definition) is 1. The highest BCUT2D eigenvalue weighted by Crippen LogP contribution is 2.52. The molecule has 0 saturated carbocycles. The second kappa shape index (κ2) is 10.9. The van der Waals surface area contributed by atoms with Crippen molar-refractivity contribution in [2.45, 2.75) is 78.6 Å². The average molecular weight is 799 g/mol. The first kappa shape index (κ1) is 35.1. The predicted molar refractivity (Wildman–Crippen MR) is 267 cm³/mol. The van der Waals surface area contributed by atoms with Gasteiger partial charge in [0.05, 0.1) is 16.7 Å². The third kappa shape index (κ3) is 4.15. The summed E-state index contributed by atoms with van der Waals surface area (Å²) in [7, 11) is 0. The molecule has 0 atom stereocenters. The Morgan fingerprint density at radius 3 is 1.87 bits per heavy atom. The highest BCUT2D eigenvalue weighted by molar-refractivity contribution is 6.90. The van der Waals surface area contributed by atoms with Crippen LogP contribution < -0.4 is 10.9 Å². The molecule has 2 aliphatic heterocycles. The van der Waals surface area contributed by atoms with Gasteiger partial charge in [-0.05, 0) is 107 Å². The van der Waals surface area contributed by atoms with Crippen LogP contribution in [0.3, 0.4) is 0 Å². The molecule has 0 amide bonds. The number of furan rings is 1. The summed E-state index contributed by atoms with van der Waals surface area (Å²) < 4.78 is 12.4. The minimum Gasteiger partial charge on any atom is -0.454 e. The molecular formula is C58H47BN2O. The largest absolute Gasteiger partial charge is 0.454 e. The second-order valence-electron chi connectivity index (χ2n) is 21.7. The monoisotopic (exact) mass is 798 g/mol. The average Bonchev–Trinajstić information content (AvgIpc) is 3.90. The molecule has 3 nitrogen and oxygen atoms in total. The van der Waals surface area contributed by atoms with E-state index in [1.54, 1.807) is 0 Å². The summed E-state index contributed by atoms with van der Waals surface area (Å²) in [6.07, 6.45) is 0. The van der Waals surface area contributed by atoms with Gasteiger partial charge in [-0.3, -0.25) is 0 Å². The van der Waals surface area contributed by atoms with Gasteiger partial charge in [-0.2, -0.15) is 0 Å². The molecule has 62 heavy (non-hydrogen) atoms. The lowest BCUT2D eigenvalue weighted by atomic mass is 9.45. The molecule has 12 aromatic rings. The fourth-order valence-corrected chi connectivity index (χ4v) is 12.0. The van der Waals surface area contributed by atoms with E-state index in [9.17, 15) is 0 Å². The highest BCUT2D eigenvalue weighted by Gasteiger charge is 2.44. The molecule has 0 bridgehead atoms. The number of para-hydroxylation sites is 2. The van der Waals surface area contributed by atoms with E-state index in [0.29, 0.717) is 0 Å². The molecule has 0 radical (unpaired) electrons. The van der Waals surface area contributed by atoms with Crippen LogP contribution in [0.1, 0.15) is 79.0 Å². The zero-order chi connectivity index (χ0) is 42.1. The van der Waals surface area contributed by atoms with E-state index in [1.165, 1.54) is 115 Å². The lowest BCUT2D eigenvalue weighted by Crippen LogP contribution is -2.55. The van der Waals surface area contributed by atoms with Crippen LogP contribution in [0.2, 0.25) is 0 Å². The number of aromatic nitrogens is 2. The number of nitrogens with zero attached hydrogens (tertiary/aromatic N) is 2. The summed E-state index contributed by atoms with van der Waals surface area (Å²) in [6.45, 7) is 21.1. The first-order valence-corrected chi connectivity index (χ1v) is 22.5. The Bertz CT molecular complexity index is 4020. The van der Waals surface area contributed by atoms with Crippen molar-refractivity contribution in [1.82, 2.24) is 9.05 Å². The van der Waals surface area contributed by atoms with Gasteiger partial charge in [0, 0.05) is 59.7 Å². The molecule has 2 aliphatic rings. The van der Waals surface area contributed by atoms with Gasteiger partial charge in [-0.1, -0.05) is 147 Å². The Morgan fingerprint density at radius 1 is 0.468 bits per heavy atom. The van der Waals surface area contributed by atoms with Crippen molar-refractivity contribution in [1.29, 1.82) is 0 Å². The molecule has 0 aliphatic carbocycles. The van der Waals surface area contributed by atoms with E-state index >= 15 is 0 Å². The van der Waals surface area contributed by atoms with Crippen LogP contribution in [0.4, 0.5) is 0 Å². The van der Waals surface area contributed by atoms with E-state index in [-0.39, 0.29) is 23.1 Å². The number of benzene rings is 9. The van der Waals surface area contributed by atoms with E-state index < -0.39 is 0 Å². The van der Waals surface area contributed by atoms with Gasteiger partial charge in [-0.15, -0.1) is 0 Å². The van der Waals surface area contributed by atoms with Crippen molar-refractivity contribution < 1.29 is 4.42 Å². The molecule has 9 aromatic carbocycles. The number of fused-ring (bicyclic) bond motifs is 16. The predicted octanol–water partition coefficient (Wildman–Crippen LogP) is 14.5. The number of rotatable bonds is 0. The van der Waals surface area contributed by atoms with Gasteiger partial charge in [-0.25, -0.2) is 0 Å². The summed E-state index contributed by atoms with van der Waals surface area (Å²) in [5.41, 5.74) is 17.7. The molecule has 3 aromatic heterocycles. The smallest absolute Gasteiger partial charge is 0.333 e. The zero-order valence-corrected chi connectivity index (χ0v) is 36.9. The molecule has 0 fully saturated rings. The standard InChI is InChI=1S/C58H47BN2O/c1-56(2,3)32-19-24-45-41(27-32)42-28-34(58(7,8)9)29-43-49-39-20-17-30-25-33(57(4,5)6)26-31-18-21-40(48(39)47(30)31)53-50(49)59(61(45)51(42)43)44-15-12-14-36-37-22-23-38-35-13-10-11-16-46(35)62-55(38)54(37)60(53)52(36)44/h10-29H,1-9H3. The van der Waals surface area contributed by atoms with Crippen LogP contribution in [-0.2, 0) is 16.2 Å². The lowest BCUT2D eigenvalue weighted by molar-refractivity contribution is 0.590. The highest BCUT2D eigenvalue weighted by atomic mass is 16.3. The van der Waals surface area contributed by atoms with Gasteiger partial charge in [0.2, 0.25) is 0 Å². The summed E-state index contributed by atoms with van der Waals surface area (Å²) in [6, 6.07) is 47.3. The van der Waals surface area contributed by atoms with Crippen LogP contribution in [0.25, 0.3) is 115 Å². The van der Waals surface area contributed by atoms with Crippen LogP contribution in [-0.4, -0.2) is 15.9 Å². The first-order chi connectivity index (χ1) is 29.7.